The molecule has 0 atom stereocenters. The number of aromatic nitrogens is 3. The number of methoxy groups -OCH3 is 1. The van der Waals surface area contributed by atoms with Gasteiger partial charge in [0.1, 0.15) is 5.75 Å². The molecule has 3 aromatic rings. The Morgan fingerprint density at radius 3 is 2.81 bits per heavy atom. The molecule has 10 heteroatoms. The van der Waals surface area contributed by atoms with Crippen LogP contribution in [-0.4, -0.2) is 36.1 Å². The lowest BCUT2D eigenvalue weighted by Crippen LogP contribution is -2.17. The molecule has 26 heavy (non-hydrogen) atoms. The van der Waals surface area contributed by atoms with Gasteiger partial charge in [0.2, 0.25) is 10.0 Å². The van der Waals surface area contributed by atoms with Gasteiger partial charge >= 0.3 is 0 Å². The van der Waals surface area contributed by atoms with E-state index in [2.05, 4.69) is 25.4 Å². The number of hydrogen-bond donors (Lipinski definition) is 3. The molecule has 4 rings (SSSR count). The highest BCUT2D eigenvalue weighted by Crippen LogP contribution is 2.37. The van der Waals surface area contributed by atoms with Crippen molar-refractivity contribution in [2.75, 3.05) is 17.1 Å². The number of rotatable bonds is 7. The highest BCUT2D eigenvalue weighted by atomic mass is 32.2. The van der Waals surface area contributed by atoms with E-state index in [1.165, 1.54) is 7.11 Å². The molecule has 1 aromatic carbocycles. The van der Waals surface area contributed by atoms with Crippen LogP contribution < -0.4 is 14.8 Å². The van der Waals surface area contributed by atoms with Crippen LogP contribution in [0.25, 0.3) is 11.0 Å². The van der Waals surface area contributed by atoms with E-state index in [9.17, 15) is 8.42 Å². The maximum atomic E-state index is 12.1. The average Bonchev–Trinajstić information content (AvgIpc) is 3.30. The molecule has 0 bridgehead atoms. The molecule has 1 aliphatic carbocycles. The number of nitrogens with one attached hydrogen (secondary N) is 3. The van der Waals surface area contributed by atoms with E-state index in [-0.39, 0.29) is 11.1 Å². The summed E-state index contributed by atoms with van der Waals surface area (Å²) in [6.07, 6.45) is 2.19. The summed E-state index contributed by atoms with van der Waals surface area (Å²) in [5, 5.41) is 14.3. The molecule has 0 saturated heterocycles. The molecule has 138 valence electrons. The lowest BCUT2D eigenvalue weighted by molar-refractivity contribution is 0.417. The van der Waals surface area contributed by atoms with Crippen LogP contribution in [0.3, 0.4) is 0 Å². The van der Waals surface area contributed by atoms with Gasteiger partial charge in [-0.25, -0.2) is 8.42 Å². The third-order valence-electron chi connectivity index (χ3n) is 4.27. The maximum Gasteiger partial charge on any atom is 0.236 e. The number of nitrogens with zero attached hydrogens (tertiary/aromatic N) is 2. The van der Waals surface area contributed by atoms with E-state index in [1.54, 1.807) is 12.1 Å². The molecule has 0 radical (unpaired) electrons. The van der Waals surface area contributed by atoms with E-state index in [4.69, 9.17) is 9.26 Å². The van der Waals surface area contributed by atoms with Gasteiger partial charge in [0.05, 0.1) is 23.4 Å². The lowest BCUT2D eigenvalue weighted by atomic mass is 10.2. The summed E-state index contributed by atoms with van der Waals surface area (Å²) in [5.74, 6) is 1.34. The highest BCUT2D eigenvalue weighted by Gasteiger charge is 2.36. The fourth-order valence-corrected chi connectivity index (χ4v) is 3.99. The minimum atomic E-state index is -3.42. The Hall–Kier alpha value is -2.75. The van der Waals surface area contributed by atoms with Gasteiger partial charge in [-0.2, -0.15) is 5.10 Å². The Morgan fingerprint density at radius 1 is 1.35 bits per heavy atom. The fraction of sp³-hybridized carbons (Fsp3) is 0.375. The fourth-order valence-electron chi connectivity index (χ4n) is 2.65. The van der Waals surface area contributed by atoms with Crippen LogP contribution in [0.4, 0.5) is 17.3 Å². The molecule has 0 amide bonds. The number of H-pyrrole nitrogens is 1. The van der Waals surface area contributed by atoms with E-state index >= 15 is 0 Å². The van der Waals surface area contributed by atoms with Crippen molar-refractivity contribution < 1.29 is 17.7 Å². The molecule has 0 unspecified atom stereocenters. The number of aromatic amines is 1. The van der Waals surface area contributed by atoms with Crippen LogP contribution in [0, 0.1) is 0 Å². The Labute approximate surface area is 150 Å². The number of hydrogen-bond acceptors (Lipinski definition) is 7. The first-order valence-corrected chi connectivity index (χ1v) is 9.85. The van der Waals surface area contributed by atoms with Crippen LogP contribution in [0.5, 0.6) is 5.75 Å². The Balaban J connectivity index is 1.67. The van der Waals surface area contributed by atoms with Crippen LogP contribution in [0.2, 0.25) is 0 Å². The predicted molar refractivity (Wildman–Crippen MR) is 97.4 cm³/mol. The van der Waals surface area contributed by atoms with Crippen molar-refractivity contribution in [1.29, 1.82) is 0 Å². The normalized spacial score (nSPS) is 14.5. The molecule has 0 spiro atoms. The van der Waals surface area contributed by atoms with Crippen LogP contribution in [0.15, 0.2) is 22.7 Å². The first kappa shape index (κ1) is 16.7. The minimum Gasteiger partial charge on any atom is -0.495 e. The van der Waals surface area contributed by atoms with Crippen molar-refractivity contribution in [3.8, 4) is 5.75 Å². The zero-order valence-electron chi connectivity index (χ0n) is 14.4. The van der Waals surface area contributed by atoms with E-state index in [0.29, 0.717) is 41.1 Å². The third kappa shape index (κ3) is 3.07. The van der Waals surface area contributed by atoms with Crippen molar-refractivity contribution in [3.63, 3.8) is 0 Å². The molecule has 9 nitrogen and oxygen atoms in total. The van der Waals surface area contributed by atoms with Crippen LogP contribution in [0.1, 0.15) is 25.5 Å². The molecule has 3 N–H and O–H groups in total. The SMILES string of the molecule is CCc1cc(Nc2cc3onc(NS(=O)(=O)C4CC4)c3cc2OC)n[nH]1. The van der Waals surface area contributed by atoms with Crippen LogP contribution in [-0.2, 0) is 16.4 Å². The van der Waals surface area contributed by atoms with E-state index in [0.717, 1.165) is 12.1 Å². The number of sulfonamides is 1. The number of fused-ring (bicyclic) bond motifs is 1. The second-order valence-electron chi connectivity index (χ2n) is 6.18. The quantitative estimate of drug-likeness (QED) is 0.578. The van der Waals surface area contributed by atoms with Gasteiger partial charge in [-0.3, -0.25) is 9.82 Å². The molecular formula is C16H19N5O4S. The lowest BCUT2D eigenvalue weighted by Gasteiger charge is -2.09. The second kappa shape index (κ2) is 6.20. The summed E-state index contributed by atoms with van der Waals surface area (Å²) < 4.78 is 37.5. The van der Waals surface area contributed by atoms with Gasteiger partial charge in [0, 0.05) is 17.8 Å². The number of benzene rings is 1. The van der Waals surface area contributed by atoms with Crippen LogP contribution >= 0.6 is 0 Å². The smallest absolute Gasteiger partial charge is 0.236 e. The van der Waals surface area contributed by atoms with Gasteiger partial charge in [0.25, 0.3) is 0 Å². The number of aryl methyl sites for hydroxylation is 1. The van der Waals surface area contributed by atoms with Crippen molar-refractivity contribution in [2.45, 2.75) is 31.4 Å². The van der Waals surface area contributed by atoms with Crippen molar-refractivity contribution >= 4 is 38.3 Å². The second-order valence-corrected chi connectivity index (χ2v) is 8.14. The Bertz CT molecular complexity index is 1050. The molecule has 1 aliphatic rings. The van der Waals surface area contributed by atoms with Gasteiger partial charge in [0.15, 0.2) is 17.2 Å². The van der Waals surface area contributed by atoms with Gasteiger partial charge in [-0.15, -0.1) is 0 Å². The zero-order valence-corrected chi connectivity index (χ0v) is 15.2. The van der Waals surface area contributed by atoms with Crippen molar-refractivity contribution in [1.82, 2.24) is 15.4 Å². The molecule has 1 saturated carbocycles. The molecule has 2 heterocycles. The summed E-state index contributed by atoms with van der Waals surface area (Å²) in [4.78, 5) is 0. The standard InChI is InChI=1S/C16H19N5O4S/c1-3-9-6-15(19-18-9)17-12-8-13-11(7-14(12)24-2)16(20-25-13)21-26(22,23)10-4-5-10/h6-8,10H,3-5H2,1-2H3,(H,20,21)(H2,17,18,19). The van der Waals surface area contributed by atoms with E-state index < -0.39 is 10.0 Å². The Morgan fingerprint density at radius 2 is 2.15 bits per heavy atom. The first-order valence-electron chi connectivity index (χ1n) is 8.30. The molecule has 1 fully saturated rings. The number of anilines is 3. The summed E-state index contributed by atoms with van der Waals surface area (Å²) in [5.41, 5.74) is 2.08. The third-order valence-corrected chi connectivity index (χ3v) is 6.10. The first-order chi connectivity index (χ1) is 12.5. The van der Waals surface area contributed by atoms with Crippen molar-refractivity contribution in [2.24, 2.45) is 0 Å². The van der Waals surface area contributed by atoms with Gasteiger partial charge < -0.3 is 14.6 Å². The molecular weight excluding hydrogens is 358 g/mol. The molecule has 0 aliphatic heterocycles. The van der Waals surface area contributed by atoms with Gasteiger partial charge in [-0.1, -0.05) is 12.1 Å². The summed E-state index contributed by atoms with van der Waals surface area (Å²) in [6, 6.07) is 5.29. The van der Waals surface area contributed by atoms with E-state index in [1.807, 2.05) is 13.0 Å². The van der Waals surface area contributed by atoms with Gasteiger partial charge in [-0.05, 0) is 25.3 Å². The average molecular weight is 377 g/mol. The number of ether oxygens (including phenoxy) is 1. The maximum absolute atomic E-state index is 12.1. The topological polar surface area (TPSA) is 122 Å². The monoisotopic (exact) mass is 377 g/mol. The van der Waals surface area contributed by atoms with Crippen molar-refractivity contribution in [3.05, 3.63) is 23.9 Å². The summed E-state index contributed by atoms with van der Waals surface area (Å²) >= 11 is 0. The minimum absolute atomic E-state index is 0.171. The molecule has 2 aromatic heterocycles. The predicted octanol–water partition coefficient (Wildman–Crippen LogP) is 2.77. The summed E-state index contributed by atoms with van der Waals surface area (Å²) in [7, 11) is -1.89. The highest BCUT2D eigenvalue weighted by molar-refractivity contribution is 7.93. The Kier molecular flexibility index (Phi) is 3.98. The largest absolute Gasteiger partial charge is 0.495 e. The zero-order chi connectivity index (χ0) is 18.3. The summed E-state index contributed by atoms with van der Waals surface area (Å²) in [6.45, 7) is 2.03.